The Hall–Kier alpha value is -1.91. The average molecular weight is 259 g/mol. The molecule has 0 aliphatic rings. The van der Waals surface area contributed by atoms with E-state index >= 15 is 0 Å². The van der Waals surface area contributed by atoms with Gasteiger partial charge in [0.1, 0.15) is 11.6 Å². The largest absolute Gasteiger partial charge is 0.370 e. The summed E-state index contributed by atoms with van der Waals surface area (Å²) < 4.78 is 1.82. The van der Waals surface area contributed by atoms with Crippen LogP contribution in [0.1, 0.15) is 37.4 Å². The lowest BCUT2D eigenvalue weighted by atomic mass is 10.3. The highest BCUT2D eigenvalue weighted by molar-refractivity contribution is 5.51. The van der Waals surface area contributed by atoms with Crippen LogP contribution in [0.3, 0.4) is 0 Å². The van der Waals surface area contributed by atoms with Gasteiger partial charge in [0, 0.05) is 24.7 Å². The van der Waals surface area contributed by atoms with Crippen LogP contribution in [0.15, 0.2) is 12.3 Å². The van der Waals surface area contributed by atoms with Crippen molar-refractivity contribution in [3.63, 3.8) is 0 Å². The van der Waals surface area contributed by atoms with Gasteiger partial charge in [-0.3, -0.25) is 0 Å². The molecule has 0 unspecified atom stereocenters. The van der Waals surface area contributed by atoms with Crippen LogP contribution < -0.4 is 5.32 Å². The van der Waals surface area contributed by atoms with Gasteiger partial charge in [0.15, 0.2) is 5.82 Å². The standard InChI is InChI=1S/C14H21N5/c1-5-8-15-13-11(4)14(17-12(6-2)16-13)19-9-7-10(3)18-19/h7,9H,5-6,8H2,1-4H3,(H,15,16,17). The van der Waals surface area contributed by atoms with E-state index in [0.717, 1.165) is 48.1 Å². The van der Waals surface area contributed by atoms with E-state index in [0.29, 0.717) is 0 Å². The number of anilines is 1. The van der Waals surface area contributed by atoms with Crippen molar-refractivity contribution in [2.24, 2.45) is 0 Å². The zero-order valence-electron chi connectivity index (χ0n) is 12.1. The summed E-state index contributed by atoms with van der Waals surface area (Å²) in [6.07, 6.45) is 3.82. The Morgan fingerprint density at radius 1 is 1.21 bits per heavy atom. The number of nitrogens with zero attached hydrogens (tertiary/aromatic N) is 4. The summed E-state index contributed by atoms with van der Waals surface area (Å²) in [4.78, 5) is 9.15. The number of aromatic nitrogens is 4. The van der Waals surface area contributed by atoms with Gasteiger partial charge in [-0.05, 0) is 26.3 Å². The first kappa shape index (κ1) is 13.5. The highest BCUT2D eigenvalue weighted by atomic mass is 15.3. The lowest BCUT2D eigenvalue weighted by Gasteiger charge is -2.13. The van der Waals surface area contributed by atoms with Gasteiger partial charge in [-0.25, -0.2) is 14.6 Å². The van der Waals surface area contributed by atoms with E-state index in [4.69, 9.17) is 0 Å². The minimum atomic E-state index is 0.814. The molecule has 5 nitrogen and oxygen atoms in total. The molecule has 102 valence electrons. The van der Waals surface area contributed by atoms with E-state index in [2.05, 4.69) is 34.2 Å². The zero-order valence-corrected chi connectivity index (χ0v) is 12.1. The van der Waals surface area contributed by atoms with Crippen LogP contribution in [0.5, 0.6) is 0 Å². The second kappa shape index (κ2) is 5.82. The summed E-state index contributed by atoms with van der Waals surface area (Å²) in [6.45, 7) is 9.13. The topological polar surface area (TPSA) is 55.6 Å². The molecule has 0 saturated carbocycles. The molecule has 2 heterocycles. The summed E-state index contributed by atoms with van der Waals surface area (Å²) in [6, 6.07) is 1.98. The molecule has 0 radical (unpaired) electrons. The second-order valence-electron chi connectivity index (χ2n) is 4.62. The first-order valence-corrected chi connectivity index (χ1v) is 6.79. The number of nitrogens with one attached hydrogen (secondary N) is 1. The third kappa shape index (κ3) is 2.92. The second-order valence-corrected chi connectivity index (χ2v) is 4.62. The molecule has 5 heteroatoms. The van der Waals surface area contributed by atoms with Crippen molar-refractivity contribution in [3.05, 3.63) is 29.3 Å². The molecule has 19 heavy (non-hydrogen) atoms. The van der Waals surface area contributed by atoms with Crippen molar-refractivity contribution >= 4 is 5.82 Å². The van der Waals surface area contributed by atoms with Gasteiger partial charge >= 0.3 is 0 Å². The van der Waals surface area contributed by atoms with E-state index in [9.17, 15) is 0 Å². The van der Waals surface area contributed by atoms with E-state index < -0.39 is 0 Å². The van der Waals surface area contributed by atoms with Crippen molar-refractivity contribution in [1.82, 2.24) is 19.7 Å². The summed E-state index contributed by atoms with van der Waals surface area (Å²) in [7, 11) is 0. The Labute approximate surface area is 114 Å². The molecule has 2 aromatic heterocycles. The Morgan fingerprint density at radius 2 is 2.00 bits per heavy atom. The molecule has 2 rings (SSSR count). The minimum Gasteiger partial charge on any atom is -0.370 e. The maximum Gasteiger partial charge on any atom is 0.162 e. The predicted octanol–water partition coefficient (Wildman–Crippen LogP) is 2.66. The molecule has 1 N–H and O–H groups in total. The summed E-state index contributed by atoms with van der Waals surface area (Å²) in [5, 5.41) is 7.80. The van der Waals surface area contributed by atoms with Crippen LogP contribution >= 0.6 is 0 Å². The average Bonchev–Trinajstić information content (AvgIpc) is 2.84. The van der Waals surface area contributed by atoms with E-state index in [1.54, 1.807) is 0 Å². The summed E-state index contributed by atoms with van der Waals surface area (Å²) in [5.74, 6) is 2.61. The van der Waals surface area contributed by atoms with Gasteiger partial charge < -0.3 is 5.32 Å². The molecule has 0 aromatic carbocycles. The molecule has 0 saturated heterocycles. The maximum absolute atomic E-state index is 4.59. The quantitative estimate of drug-likeness (QED) is 0.897. The predicted molar refractivity (Wildman–Crippen MR) is 76.8 cm³/mol. The van der Waals surface area contributed by atoms with Crippen molar-refractivity contribution in [1.29, 1.82) is 0 Å². The van der Waals surface area contributed by atoms with Gasteiger partial charge in [0.2, 0.25) is 0 Å². The molecule has 0 aliphatic carbocycles. The fourth-order valence-electron chi connectivity index (χ4n) is 1.88. The van der Waals surface area contributed by atoms with Crippen molar-refractivity contribution in [3.8, 4) is 5.82 Å². The van der Waals surface area contributed by atoms with Gasteiger partial charge in [0.05, 0.1) is 5.69 Å². The SMILES string of the molecule is CCCNc1nc(CC)nc(-n2ccc(C)n2)c1C. The number of rotatable bonds is 5. The van der Waals surface area contributed by atoms with Gasteiger partial charge in [-0.1, -0.05) is 13.8 Å². The van der Waals surface area contributed by atoms with Crippen LogP contribution in [-0.2, 0) is 6.42 Å². The van der Waals surface area contributed by atoms with E-state index in [1.807, 2.05) is 30.8 Å². The Kier molecular flexibility index (Phi) is 4.14. The van der Waals surface area contributed by atoms with Gasteiger partial charge in [-0.15, -0.1) is 0 Å². The molecule has 0 spiro atoms. The lowest BCUT2D eigenvalue weighted by molar-refractivity contribution is 0.792. The Bertz CT molecular complexity index is 559. The smallest absolute Gasteiger partial charge is 0.162 e. The third-order valence-corrected chi connectivity index (χ3v) is 2.96. The summed E-state index contributed by atoms with van der Waals surface area (Å²) in [5.41, 5.74) is 2.02. The fourth-order valence-corrected chi connectivity index (χ4v) is 1.88. The van der Waals surface area contributed by atoms with Crippen molar-refractivity contribution < 1.29 is 0 Å². The van der Waals surface area contributed by atoms with Gasteiger partial charge in [0.25, 0.3) is 0 Å². The lowest BCUT2D eigenvalue weighted by Crippen LogP contribution is -2.12. The van der Waals surface area contributed by atoms with Gasteiger partial charge in [-0.2, -0.15) is 5.10 Å². The molecule has 0 amide bonds. The van der Waals surface area contributed by atoms with Crippen molar-refractivity contribution in [2.75, 3.05) is 11.9 Å². The number of hydrogen-bond donors (Lipinski definition) is 1. The van der Waals surface area contributed by atoms with Crippen LogP contribution in [0, 0.1) is 13.8 Å². The monoisotopic (exact) mass is 259 g/mol. The molecule has 0 bridgehead atoms. The fraction of sp³-hybridized carbons (Fsp3) is 0.500. The van der Waals surface area contributed by atoms with E-state index in [-0.39, 0.29) is 0 Å². The molecule has 0 atom stereocenters. The molecule has 0 aliphatic heterocycles. The normalized spacial score (nSPS) is 10.7. The Morgan fingerprint density at radius 3 is 2.58 bits per heavy atom. The maximum atomic E-state index is 4.59. The minimum absolute atomic E-state index is 0.814. The first-order chi connectivity index (χ1) is 9.15. The van der Waals surface area contributed by atoms with Crippen molar-refractivity contribution in [2.45, 2.75) is 40.5 Å². The van der Waals surface area contributed by atoms with Crippen LogP contribution in [0.2, 0.25) is 0 Å². The zero-order chi connectivity index (χ0) is 13.8. The molecular formula is C14H21N5. The first-order valence-electron chi connectivity index (χ1n) is 6.79. The third-order valence-electron chi connectivity index (χ3n) is 2.96. The molecule has 0 fully saturated rings. The molecular weight excluding hydrogens is 238 g/mol. The number of aryl methyl sites for hydroxylation is 2. The Balaban J connectivity index is 2.47. The molecule has 2 aromatic rings. The highest BCUT2D eigenvalue weighted by Crippen LogP contribution is 2.19. The van der Waals surface area contributed by atoms with Crippen LogP contribution in [0.4, 0.5) is 5.82 Å². The highest BCUT2D eigenvalue weighted by Gasteiger charge is 2.12. The summed E-state index contributed by atoms with van der Waals surface area (Å²) >= 11 is 0. The van der Waals surface area contributed by atoms with E-state index in [1.165, 1.54) is 0 Å². The van der Waals surface area contributed by atoms with Crippen LogP contribution in [0.25, 0.3) is 5.82 Å². The number of hydrogen-bond acceptors (Lipinski definition) is 4. The van der Waals surface area contributed by atoms with Crippen LogP contribution in [-0.4, -0.2) is 26.3 Å².